The van der Waals surface area contributed by atoms with Gasteiger partial charge >= 0.3 is 0 Å². The molecular formula is C21H26FN3O3. The number of anilines is 2. The van der Waals surface area contributed by atoms with Crippen LogP contribution >= 0.6 is 0 Å². The van der Waals surface area contributed by atoms with Gasteiger partial charge in [0.2, 0.25) is 0 Å². The molecule has 0 aliphatic rings. The molecule has 0 atom stereocenters. The van der Waals surface area contributed by atoms with Crippen LogP contribution in [-0.4, -0.2) is 45.7 Å². The van der Waals surface area contributed by atoms with Gasteiger partial charge in [-0.25, -0.2) is 4.39 Å². The first kappa shape index (κ1) is 21.4. The first-order chi connectivity index (χ1) is 13.4. The molecule has 2 rings (SSSR count). The Hall–Kier alpha value is -2.93. The van der Waals surface area contributed by atoms with E-state index in [9.17, 15) is 14.0 Å². The maximum absolute atomic E-state index is 13.3. The summed E-state index contributed by atoms with van der Waals surface area (Å²) >= 11 is 0. The SMILES string of the molecule is CCOCCCNC(=O)c1cc(NC(=O)c2cccc(F)c2)ccc1N(C)C. The van der Waals surface area contributed by atoms with Gasteiger partial charge in [-0.15, -0.1) is 0 Å². The second-order valence-corrected chi connectivity index (χ2v) is 6.40. The Labute approximate surface area is 164 Å². The Morgan fingerprint density at radius 3 is 2.57 bits per heavy atom. The van der Waals surface area contributed by atoms with E-state index in [1.807, 2.05) is 25.9 Å². The topological polar surface area (TPSA) is 70.7 Å². The van der Waals surface area contributed by atoms with Gasteiger partial charge in [0.1, 0.15) is 5.82 Å². The second-order valence-electron chi connectivity index (χ2n) is 6.40. The predicted molar refractivity (Wildman–Crippen MR) is 109 cm³/mol. The van der Waals surface area contributed by atoms with E-state index in [2.05, 4.69) is 10.6 Å². The van der Waals surface area contributed by atoms with Crippen molar-refractivity contribution in [2.24, 2.45) is 0 Å². The number of carbonyl (C=O) groups is 2. The molecule has 0 saturated carbocycles. The molecule has 7 heteroatoms. The minimum absolute atomic E-state index is 0.207. The monoisotopic (exact) mass is 387 g/mol. The molecule has 0 aromatic heterocycles. The quantitative estimate of drug-likeness (QED) is 0.648. The summed E-state index contributed by atoms with van der Waals surface area (Å²) in [5.41, 5.74) is 1.84. The summed E-state index contributed by atoms with van der Waals surface area (Å²) in [4.78, 5) is 26.8. The number of rotatable bonds is 9. The van der Waals surface area contributed by atoms with Crippen molar-refractivity contribution in [2.45, 2.75) is 13.3 Å². The van der Waals surface area contributed by atoms with Crippen LogP contribution < -0.4 is 15.5 Å². The lowest BCUT2D eigenvalue weighted by molar-refractivity contribution is 0.0943. The van der Waals surface area contributed by atoms with E-state index in [1.54, 1.807) is 18.2 Å². The number of nitrogens with one attached hydrogen (secondary N) is 2. The fourth-order valence-electron chi connectivity index (χ4n) is 2.63. The van der Waals surface area contributed by atoms with E-state index in [0.29, 0.717) is 37.4 Å². The highest BCUT2D eigenvalue weighted by Crippen LogP contribution is 2.23. The number of ether oxygens (including phenoxy) is 1. The number of hydrogen-bond donors (Lipinski definition) is 2. The van der Waals surface area contributed by atoms with Crippen molar-refractivity contribution in [1.82, 2.24) is 5.32 Å². The average molecular weight is 387 g/mol. The van der Waals surface area contributed by atoms with Crippen molar-refractivity contribution in [3.8, 4) is 0 Å². The lowest BCUT2D eigenvalue weighted by Crippen LogP contribution is -2.27. The van der Waals surface area contributed by atoms with Crippen molar-refractivity contribution in [3.63, 3.8) is 0 Å². The number of hydrogen-bond acceptors (Lipinski definition) is 4. The van der Waals surface area contributed by atoms with E-state index in [0.717, 1.165) is 11.8 Å². The van der Waals surface area contributed by atoms with Crippen LogP contribution in [0.25, 0.3) is 0 Å². The molecule has 2 amide bonds. The molecule has 0 aliphatic heterocycles. The number of carbonyl (C=O) groups excluding carboxylic acids is 2. The van der Waals surface area contributed by atoms with E-state index < -0.39 is 11.7 Å². The minimum atomic E-state index is -0.484. The zero-order valence-corrected chi connectivity index (χ0v) is 16.4. The Morgan fingerprint density at radius 1 is 1.11 bits per heavy atom. The third-order valence-corrected chi connectivity index (χ3v) is 4.02. The van der Waals surface area contributed by atoms with Crippen LogP contribution in [-0.2, 0) is 4.74 Å². The summed E-state index contributed by atoms with van der Waals surface area (Å²) in [5, 5.41) is 5.57. The van der Waals surface area contributed by atoms with Crippen molar-refractivity contribution in [3.05, 3.63) is 59.4 Å². The van der Waals surface area contributed by atoms with Gasteiger partial charge in [0.25, 0.3) is 11.8 Å². The third kappa shape index (κ3) is 6.06. The lowest BCUT2D eigenvalue weighted by Gasteiger charge is -2.18. The molecule has 0 heterocycles. The predicted octanol–water partition coefficient (Wildman–Crippen LogP) is 3.30. The molecule has 0 aliphatic carbocycles. The van der Waals surface area contributed by atoms with Gasteiger partial charge in [-0.3, -0.25) is 9.59 Å². The summed E-state index contributed by atoms with van der Waals surface area (Å²) < 4.78 is 18.6. The second kappa shape index (κ2) is 10.4. The van der Waals surface area contributed by atoms with Gasteiger partial charge in [0, 0.05) is 50.8 Å². The summed E-state index contributed by atoms with van der Waals surface area (Å²) in [6.07, 6.45) is 0.715. The molecule has 0 bridgehead atoms. The molecule has 6 nitrogen and oxygen atoms in total. The highest BCUT2D eigenvalue weighted by molar-refractivity contribution is 6.06. The van der Waals surface area contributed by atoms with Crippen LogP contribution in [0.1, 0.15) is 34.1 Å². The highest BCUT2D eigenvalue weighted by atomic mass is 19.1. The molecule has 0 radical (unpaired) electrons. The fourth-order valence-corrected chi connectivity index (χ4v) is 2.63. The van der Waals surface area contributed by atoms with Gasteiger partial charge in [0.05, 0.1) is 5.56 Å². The molecule has 150 valence electrons. The number of nitrogens with zero attached hydrogens (tertiary/aromatic N) is 1. The summed E-state index contributed by atoms with van der Waals surface area (Å²) in [6, 6.07) is 10.5. The van der Waals surface area contributed by atoms with Gasteiger partial charge in [-0.05, 0) is 49.7 Å². The zero-order chi connectivity index (χ0) is 20.5. The summed E-state index contributed by atoms with van der Waals surface area (Å²) in [6.45, 7) is 3.64. The van der Waals surface area contributed by atoms with Crippen molar-refractivity contribution in [1.29, 1.82) is 0 Å². The zero-order valence-electron chi connectivity index (χ0n) is 16.4. The molecule has 28 heavy (non-hydrogen) atoms. The number of halogens is 1. The van der Waals surface area contributed by atoms with E-state index >= 15 is 0 Å². The van der Waals surface area contributed by atoms with Crippen LogP contribution in [0.2, 0.25) is 0 Å². The summed E-state index contributed by atoms with van der Waals surface area (Å²) in [7, 11) is 3.68. The molecule has 2 aromatic carbocycles. The Bertz CT molecular complexity index is 824. The highest BCUT2D eigenvalue weighted by Gasteiger charge is 2.15. The molecule has 0 unspecified atom stereocenters. The van der Waals surface area contributed by atoms with Crippen LogP contribution in [0.15, 0.2) is 42.5 Å². The molecule has 0 saturated heterocycles. The molecule has 0 fully saturated rings. The van der Waals surface area contributed by atoms with E-state index in [-0.39, 0.29) is 11.5 Å². The Kier molecular flexibility index (Phi) is 7.95. The van der Waals surface area contributed by atoms with Gasteiger partial charge in [-0.1, -0.05) is 6.07 Å². The van der Waals surface area contributed by atoms with Crippen LogP contribution in [0.5, 0.6) is 0 Å². The molecule has 0 spiro atoms. The van der Waals surface area contributed by atoms with E-state index in [4.69, 9.17) is 4.74 Å². The molecular weight excluding hydrogens is 361 g/mol. The number of amides is 2. The van der Waals surface area contributed by atoms with Gasteiger partial charge in [-0.2, -0.15) is 0 Å². The largest absolute Gasteiger partial charge is 0.382 e. The maximum atomic E-state index is 13.3. The molecule has 2 aromatic rings. The minimum Gasteiger partial charge on any atom is -0.382 e. The van der Waals surface area contributed by atoms with E-state index in [1.165, 1.54) is 18.2 Å². The first-order valence-electron chi connectivity index (χ1n) is 9.16. The normalized spacial score (nSPS) is 10.4. The van der Waals surface area contributed by atoms with Gasteiger partial charge in [0.15, 0.2) is 0 Å². The van der Waals surface area contributed by atoms with Crippen LogP contribution in [0.4, 0.5) is 15.8 Å². The lowest BCUT2D eigenvalue weighted by atomic mass is 10.1. The van der Waals surface area contributed by atoms with Crippen molar-refractivity contribution >= 4 is 23.2 Å². The first-order valence-corrected chi connectivity index (χ1v) is 9.16. The van der Waals surface area contributed by atoms with Crippen molar-refractivity contribution in [2.75, 3.05) is 44.1 Å². The fraction of sp³-hybridized carbons (Fsp3) is 0.333. The standard InChI is InChI=1S/C21H26FN3O3/c1-4-28-12-6-11-23-21(27)18-14-17(9-10-19(18)25(2)3)24-20(26)15-7-5-8-16(22)13-15/h5,7-10,13-14H,4,6,11-12H2,1-3H3,(H,23,27)(H,24,26). The van der Waals surface area contributed by atoms with Gasteiger partial charge < -0.3 is 20.3 Å². The third-order valence-electron chi connectivity index (χ3n) is 4.02. The van der Waals surface area contributed by atoms with Crippen molar-refractivity contribution < 1.29 is 18.7 Å². The Balaban J connectivity index is 2.13. The van der Waals surface area contributed by atoms with Crippen LogP contribution in [0.3, 0.4) is 0 Å². The Morgan fingerprint density at radius 2 is 1.89 bits per heavy atom. The summed E-state index contributed by atoms with van der Waals surface area (Å²) in [5.74, 6) is -1.16. The van der Waals surface area contributed by atoms with Crippen LogP contribution in [0, 0.1) is 5.82 Å². The maximum Gasteiger partial charge on any atom is 0.255 e. The molecule has 2 N–H and O–H groups in total. The number of benzene rings is 2. The smallest absolute Gasteiger partial charge is 0.255 e. The average Bonchev–Trinajstić information content (AvgIpc) is 2.67.